The molecule has 1 rings (SSSR count). The summed E-state index contributed by atoms with van der Waals surface area (Å²) in [5.41, 5.74) is 0. The minimum absolute atomic E-state index is 0.0973. The van der Waals surface area contributed by atoms with Crippen molar-refractivity contribution in [2.45, 2.75) is 58.4 Å². The van der Waals surface area contributed by atoms with Crippen molar-refractivity contribution in [1.82, 2.24) is 5.06 Å². The quantitative estimate of drug-likeness (QED) is 0.424. The summed E-state index contributed by atoms with van der Waals surface area (Å²) in [6, 6.07) is -0.656. The molecule has 1 amide bonds. The first-order valence-electron chi connectivity index (χ1n) is 7.12. The number of hydrogen-bond donors (Lipinski definition) is 2. The van der Waals surface area contributed by atoms with E-state index in [0.717, 1.165) is 25.7 Å². The van der Waals surface area contributed by atoms with Gasteiger partial charge in [0, 0.05) is 0 Å². The summed E-state index contributed by atoms with van der Waals surface area (Å²) in [6.45, 7) is 3.66. The van der Waals surface area contributed by atoms with Crippen molar-refractivity contribution >= 4 is 12.4 Å². The average Bonchev–Trinajstić information content (AvgIpc) is 2.38. The van der Waals surface area contributed by atoms with Crippen molar-refractivity contribution in [2.75, 3.05) is 0 Å². The third kappa shape index (κ3) is 4.49. The molecule has 19 heavy (non-hydrogen) atoms. The monoisotopic (exact) mass is 271 g/mol. The Morgan fingerprint density at radius 3 is 2.32 bits per heavy atom. The molecule has 5 heteroatoms. The molecule has 1 aliphatic carbocycles. The molecule has 0 heterocycles. The maximum Gasteiger partial charge on any atom is 0.308 e. The highest BCUT2D eigenvalue weighted by molar-refractivity contribution is 5.71. The van der Waals surface area contributed by atoms with Gasteiger partial charge >= 0.3 is 5.97 Å². The van der Waals surface area contributed by atoms with E-state index in [1.54, 1.807) is 0 Å². The lowest BCUT2D eigenvalue weighted by Crippen LogP contribution is -2.45. The third-order valence-corrected chi connectivity index (χ3v) is 4.14. The molecule has 0 aromatic heterocycles. The molecule has 5 nitrogen and oxygen atoms in total. The van der Waals surface area contributed by atoms with E-state index in [1.807, 2.05) is 13.8 Å². The van der Waals surface area contributed by atoms with Gasteiger partial charge < -0.3 is 5.11 Å². The molecular weight excluding hydrogens is 246 g/mol. The first-order chi connectivity index (χ1) is 8.97. The molecule has 0 saturated heterocycles. The third-order valence-electron chi connectivity index (χ3n) is 4.14. The number of hydrogen-bond acceptors (Lipinski definition) is 3. The summed E-state index contributed by atoms with van der Waals surface area (Å²) in [5.74, 6) is -1.32. The maximum absolute atomic E-state index is 11.5. The van der Waals surface area contributed by atoms with Gasteiger partial charge in [0.2, 0.25) is 6.41 Å². The van der Waals surface area contributed by atoms with E-state index < -0.39 is 17.9 Å². The van der Waals surface area contributed by atoms with Crippen LogP contribution in [0.5, 0.6) is 0 Å². The first-order valence-corrected chi connectivity index (χ1v) is 7.12. The van der Waals surface area contributed by atoms with E-state index in [4.69, 9.17) is 0 Å². The number of hydroxylamine groups is 2. The Kier molecular flexibility index (Phi) is 6.28. The first kappa shape index (κ1) is 16.0. The van der Waals surface area contributed by atoms with Crippen LogP contribution in [0.3, 0.4) is 0 Å². The molecule has 1 aliphatic rings. The molecule has 0 spiro atoms. The van der Waals surface area contributed by atoms with Crippen molar-refractivity contribution in [3.63, 3.8) is 0 Å². The minimum Gasteiger partial charge on any atom is -0.481 e. The van der Waals surface area contributed by atoms with Gasteiger partial charge in [-0.2, -0.15) is 0 Å². The van der Waals surface area contributed by atoms with Gasteiger partial charge in [0.25, 0.3) is 0 Å². The highest BCUT2D eigenvalue weighted by Crippen LogP contribution is 2.32. The minimum atomic E-state index is -0.926. The van der Waals surface area contributed by atoms with Crippen LogP contribution >= 0.6 is 0 Å². The SMILES string of the molecule is CC(C)[C@@H]([C@@H](CC1CCCCC1)C(=O)O)N(O)C=O. The maximum atomic E-state index is 11.5. The Morgan fingerprint density at radius 2 is 1.89 bits per heavy atom. The molecule has 2 atom stereocenters. The second kappa shape index (κ2) is 7.48. The second-order valence-corrected chi connectivity index (χ2v) is 5.90. The van der Waals surface area contributed by atoms with Crippen LogP contribution in [0.2, 0.25) is 0 Å². The standard InChI is InChI=1S/C14H25NO4/c1-10(2)13(15(19)9-16)12(14(17)18)8-11-6-4-3-5-7-11/h9-13,19H,3-8H2,1-2H3,(H,17,18)/t12-,13+/m1/s1. The molecule has 1 saturated carbocycles. The molecule has 0 aliphatic heterocycles. The number of carbonyl (C=O) groups excluding carboxylic acids is 1. The Morgan fingerprint density at radius 1 is 1.32 bits per heavy atom. The van der Waals surface area contributed by atoms with Crippen molar-refractivity contribution in [3.8, 4) is 0 Å². The smallest absolute Gasteiger partial charge is 0.308 e. The number of aliphatic carboxylic acids is 1. The number of carbonyl (C=O) groups is 2. The van der Waals surface area contributed by atoms with Crippen LogP contribution < -0.4 is 0 Å². The van der Waals surface area contributed by atoms with Crippen LogP contribution in [0.4, 0.5) is 0 Å². The molecule has 110 valence electrons. The lowest BCUT2D eigenvalue weighted by molar-refractivity contribution is -0.178. The zero-order valence-electron chi connectivity index (χ0n) is 11.8. The van der Waals surface area contributed by atoms with Crippen molar-refractivity contribution in [3.05, 3.63) is 0 Å². The van der Waals surface area contributed by atoms with Crippen molar-refractivity contribution in [1.29, 1.82) is 0 Å². The fourth-order valence-corrected chi connectivity index (χ4v) is 3.19. The zero-order chi connectivity index (χ0) is 14.4. The fraction of sp³-hybridized carbons (Fsp3) is 0.857. The van der Waals surface area contributed by atoms with E-state index in [1.165, 1.54) is 6.42 Å². The van der Waals surface area contributed by atoms with Gasteiger partial charge in [-0.25, -0.2) is 5.06 Å². The number of amides is 1. The molecule has 1 fully saturated rings. The van der Waals surface area contributed by atoms with Crippen LogP contribution in [0.15, 0.2) is 0 Å². The molecule has 0 aromatic rings. The molecule has 0 unspecified atom stereocenters. The van der Waals surface area contributed by atoms with Gasteiger partial charge in [0.05, 0.1) is 12.0 Å². The van der Waals surface area contributed by atoms with Gasteiger partial charge in [0.1, 0.15) is 0 Å². The van der Waals surface area contributed by atoms with E-state index in [0.29, 0.717) is 23.8 Å². The summed E-state index contributed by atoms with van der Waals surface area (Å²) in [5, 5.41) is 19.6. The predicted molar refractivity (Wildman–Crippen MR) is 70.6 cm³/mol. The Balaban J connectivity index is 2.77. The lowest BCUT2D eigenvalue weighted by atomic mass is 9.78. The largest absolute Gasteiger partial charge is 0.481 e. The number of carboxylic acids is 1. The van der Waals surface area contributed by atoms with Crippen LogP contribution in [-0.2, 0) is 9.59 Å². The summed E-state index contributed by atoms with van der Waals surface area (Å²) in [6.07, 6.45) is 6.49. The topological polar surface area (TPSA) is 77.8 Å². The van der Waals surface area contributed by atoms with E-state index >= 15 is 0 Å². The molecule has 0 bridgehead atoms. The molecule has 0 radical (unpaired) electrons. The van der Waals surface area contributed by atoms with Crippen LogP contribution in [0.25, 0.3) is 0 Å². The normalized spacial score (nSPS) is 20.0. The van der Waals surface area contributed by atoms with Crippen LogP contribution in [0, 0.1) is 17.8 Å². The summed E-state index contributed by atoms with van der Waals surface area (Å²) in [7, 11) is 0. The molecule has 2 N–H and O–H groups in total. The summed E-state index contributed by atoms with van der Waals surface area (Å²) >= 11 is 0. The number of rotatable bonds is 7. The van der Waals surface area contributed by atoms with Crippen molar-refractivity contribution < 1.29 is 19.9 Å². The van der Waals surface area contributed by atoms with Gasteiger partial charge in [-0.05, 0) is 18.3 Å². The zero-order valence-corrected chi connectivity index (χ0v) is 11.8. The van der Waals surface area contributed by atoms with Crippen molar-refractivity contribution in [2.24, 2.45) is 17.8 Å². The van der Waals surface area contributed by atoms with Gasteiger partial charge in [-0.1, -0.05) is 46.0 Å². The molecular formula is C14H25NO4. The summed E-state index contributed by atoms with van der Waals surface area (Å²) in [4.78, 5) is 22.2. The highest BCUT2D eigenvalue weighted by Gasteiger charge is 2.36. The van der Waals surface area contributed by atoms with E-state index in [2.05, 4.69) is 0 Å². The fourth-order valence-electron chi connectivity index (χ4n) is 3.19. The average molecular weight is 271 g/mol. The van der Waals surface area contributed by atoms with E-state index in [9.17, 15) is 19.9 Å². The van der Waals surface area contributed by atoms with Crippen LogP contribution in [-0.4, -0.2) is 33.8 Å². The number of nitrogens with zero attached hydrogens (tertiary/aromatic N) is 1. The number of carboxylic acid groups (broad SMARTS) is 1. The van der Waals surface area contributed by atoms with E-state index in [-0.39, 0.29) is 5.92 Å². The highest BCUT2D eigenvalue weighted by atomic mass is 16.5. The Bertz CT molecular complexity index is 300. The van der Waals surface area contributed by atoms with Gasteiger partial charge in [-0.3, -0.25) is 14.8 Å². The van der Waals surface area contributed by atoms with Crippen LogP contribution in [0.1, 0.15) is 52.4 Å². The second-order valence-electron chi connectivity index (χ2n) is 5.90. The van der Waals surface area contributed by atoms with Gasteiger partial charge in [-0.15, -0.1) is 0 Å². The van der Waals surface area contributed by atoms with Gasteiger partial charge in [0.15, 0.2) is 0 Å². The Hall–Kier alpha value is -1.10. The summed E-state index contributed by atoms with van der Waals surface area (Å²) < 4.78 is 0. The molecule has 0 aromatic carbocycles. The Labute approximate surface area is 114 Å². The lowest BCUT2D eigenvalue weighted by Gasteiger charge is -2.34. The predicted octanol–water partition coefficient (Wildman–Crippen LogP) is 2.53.